The highest BCUT2D eigenvalue weighted by Crippen LogP contribution is 2.46. The van der Waals surface area contributed by atoms with Gasteiger partial charge < -0.3 is 5.32 Å². The number of halogens is 1. The molecule has 0 unspecified atom stereocenters. The van der Waals surface area contributed by atoms with E-state index in [4.69, 9.17) is 11.6 Å². The molecule has 0 amide bonds. The van der Waals surface area contributed by atoms with Crippen molar-refractivity contribution in [3.63, 3.8) is 0 Å². The summed E-state index contributed by atoms with van der Waals surface area (Å²) in [7, 11) is 0. The molecule has 2 aliphatic carbocycles. The van der Waals surface area contributed by atoms with Gasteiger partial charge >= 0.3 is 0 Å². The molecule has 96 valence electrons. The second-order valence-corrected chi connectivity index (χ2v) is 5.68. The maximum absolute atomic E-state index is 10.7. The van der Waals surface area contributed by atoms with Crippen molar-refractivity contribution in [2.45, 2.75) is 31.7 Å². The summed E-state index contributed by atoms with van der Waals surface area (Å²) in [6.07, 6.45) is 5.20. The van der Waals surface area contributed by atoms with Crippen molar-refractivity contribution >= 4 is 23.0 Å². The largest absolute Gasteiger partial charge is 0.382 e. The van der Waals surface area contributed by atoms with E-state index in [1.807, 2.05) is 0 Å². The number of nitrogens with one attached hydrogen (secondary N) is 1. The SMILES string of the molecule is O=[N+]([O-])c1ccc(NC(C2CC2)C2CC2)cc1Cl. The molecule has 18 heavy (non-hydrogen) atoms. The summed E-state index contributed by atoms with van der Waals surface area (Å²) in [5, 5.41) is 14.4. The fourth-order valence-corrected chi connectivity index (χ4v) is 2.72. The van der Waals surface area contributed by atoms with Gasteiger partial charge in [-0.1, -0.05) is 11.6 Å². The van der Waals surface area contributed by atoms with E-state index in [0.717, 1.165) is 17.5 Å². The smallest absolute Gasteiger partial charge is 0.288 e. The molecule has 0 aliphatic heterocycles. The molecule has 5 heteroatoms. The van der Waals surface area contributed by atoms with Crippen LogP contribution in [0.1, 0.15) is 25.7 Å². The Balaban J connectivity index is 1.75. The van der Waals surface area contributed by atoms with Gasteiger partial charge in [0, 0.05) is 17.8 Å². The average Bonchev–Trinajstić information content (AvgIpc) is 3.17. The van der Waals surface area contributed by atoms with E-state index in [-0.39, 0.29) is 10.7 Å². The molecule has 1 N–H and O–H groups in total. The molecule has 0 aromatic heterocycles. The van der Waals surface area contributed by atoms with Gasteiger partial charge in [0.1, 0.15) is 5.02 Å². The third kappa shape index (κ3) is 2.43. The van der Waals surface area contributed by atoms with E-state index >= 15 is 0 Å². The predicted octanol–water partition coefficient (Wildman–Crippen LogP) is 3.85. The Morgan fingerprint density at radius 1 is 1.28 bits per heavy atom. The summed E-state index contributed by atoms with van der Waals surface area (Å²) in [6.45, 7) is 0. The monoisotopic (exact) mass is 266 g/mol. The zero-order chi connectivity index (χ0) is 12.7. The Bertz CT molecular complexity index is 472. The zero-order valence-electron chi connectivity index (χ0n) is 9.93. The van der Waals surface area contributed by atoms with Gasteiger partial charge in [-0.3, -0.25) is 10.1 Å². The van der Waals surface area contributed by atoms with Crippen LogP contribution in [-0.2, 0) is 0 Å². The second-order valence-electron chi connectivity index (χ2n) is 5.27. The van der Waals surface area contributed by atoms with Gasteiger partial charge in [0.25, 0.3) is 5.69 Å². The molecule has 0 bridgehead atoms. The highest BCUT2D eigenvalue weighted by Gasteiger charge is 2.41. The van der Waals surface area contributed by atoms with E-state index < -0.39 is 4.92 Å². The van der Waals surface area contributed by atoms with Crippen LogP contribution in [-0.4, -0.2) is 11.0 Å². The first kappa shape index (κ1) is 11.8. The maximum Gasteiger partial charge on any atom is 0.288 e. The lowest BCUT2D eigenvalue weighted by Gasteiger charge is -2.19. The second kappa shape index (κ2) is 4.43. The molecule has 3 rings (SSSR count). The van der Waals surface area contributed by atoms with Crippen LogP contribution >= 0.6 is 11.6 Å². The first-order chi connectivity index (χ1) is 8.65. The summed E-state index contributed by atoms with van der Waals surface area (Å²) in [5.74, 6) is 1.57. The first-order valence-corrected chi connectivity index (χ1v) is 6.73. The predicted molar refractivity (Wildman–Crippen MR) is 71.0 cm³/mol. The number of hydrogen-bond donors (Lipinski definition) is 1. The molecule has 4 nitrogen and oxygen atoms in total. The highest BCUT2D eigenvalue weighted by molar-refractivity contribution is 6.32. The molecule has 1 aromatic carbocycles. The third-order valence-electron chi connectivity index (χ3n) is 3.74. The Morgan fingerprint density at radius 2 is 1.89 bits per heavy atom. The number of nitro groups is 1. The quantitative estimate of drug-likeness (QED) is 0.651. The molecular weight excluding hydrogens is 252 g/mol. The summed E-state index contributed by atoms with van der Waals surface area (Å²) in [4.78, 5) is 10.2. The number of benzene rings is 1. The minimum atomic E-state index is -0.453. The Kier molecular flexibility index (Phi) is 2.90. The van der Waals surface area contributed by atoms with Crippen LogP contribution in [0.5, 0.6) is 0 Å². The summed E-state index contributed by atoms with van der Waals surface area (Å²) < 4.78 is 0. The Morgan fingerprint density at radius 3 is 2.33 bits per heavy atom. The Hall–Kier alpha value is -1.29. The van der Waals surface area contributed by atoms with Gasteiger partial charge in [0.2, 0.25) is 0 Å². The highest BCUT2D eigenvalue weighted by atomic mass is 35.5. The number of nitro benzene ring substituents is 1. The molecule has 0 heterocycles. The molecule has 1 aromatic rings. The Labute approximate surface area is 110 Å². The van der Waals surface area contributed by atoms with Crippen molar-refractivity contribution in [3.05, 3.63) is 33.3 Å². The van der Waals surface area contributed by atoms with Crippen LogP contribution in [0.15, 0.2) is 18.2 Å². The van der Waals surface area contributed by atoms with E-state index in [2.05, 4.69) is 5.32 Å². The molecular formula is C13H15ClN2O2. The van der Waals surface area contributed by atoms with Crippen molar-refractivity contribution in [2.75, 3.05) is 5.32 Å². The normalized spacial score (nSPS) is 19.0. The lowest BCUT2D eigenvalue weighted by molar-refractivity contribution is -0.384. The van der Waals surface area contributed by atoms with E-state index in [1.54, 1.807) is 12.1 Å². The van der Waals surface area contributed by atoms with Crippen LogP contribution in [0, 0.1) is 22.0 Å². The molecule has 2 saturated carbocycles. The first-order valence-electron chi connectivity index (χ1n) is 6.35. The number of hydrogen-bond acceptors (Lipinski definition) is 3. The molecule has 2 fully saturated rings. The van der Waals surface area contributed by atoms with Crippen LogP contribution < -0.4 is 5.32 Å². The maximum atomic E-state index is 10.7. The average molecular weight is 267 g/mol. The van der Waals surface area contributed by atoms with Gasteiger partial charge in [-0.25, -0.2) is 0 Å². The zero-order valence-corrected chi connectivity index (χ0v) is 10.7. The van der Waals surface area contributed by atoms with E-state index in [0.29, 0.717) is 6.04 Å². The number of rotatable bonds is 5. The topological polar surface area (TPSA) is 55.2 Å². The summed E-state index contributed by atoms with van der Waals surface area (Å²) >= 11 is 5.92. The fourth-order valence-electron chi connectivity index (χ4n) is 2.47. The van der Waals surface area contributed by atoms with Crippen LogP contribution in [0.3, 0.4) is 0 Å². The van der Waals surface area contributed by atoms with E-state index in [9.17, 15) is 10.1 Å². The van der Waals surface area contributed by atoms with Crippen molar-refractivity contribution < 1.29 is 4.92 Å². The van der Waals surface area contributed by atoms with E-state index in [1.165, 1.54) is 31.7 Å². The molecule has 0 spiro atoms. The van der Waals surface area contributed by atoms with Gasteiger partial charge in [-0.15, -0.1) is 0 Å². The van der Waals surface area contributed by atoms with Crippen LogP contribution in [0.25, 0.3) is 0 Å². The van der Waals surface area contributed by atoms with Crippen molar-refractivity contribution in [3.8, 4) is 0 Å². The van der Waals surface area contributed by atoms with Crippen LogP contribution in [0.4, 0.5) is 11.4 Å². The molecule has 2 aliphatic rings. The van der Waals surface area contributed by atoms with Crippen molar-refractivity contribution in [1.29, 1.82) is 0 Å². The lowest BCUT2D eigenvalue weighted by Crippen LogP contribution is -2.24. The molecule has 0 atom stereocenters. The van der Waals surface area contributed by atoms with Gasteiger partial charge in [0.15, 0.2) is 0 Å². The minimum absolute atomic E-state index is 0.0309. The van der Waals surface area contributed by atoms with Gasteiger partial charge in [-0.2, -0.15) is 0 Å². The standard InChI is InChI=1S/C13H15ClN2O2/c14-11-7-10(5-6-12(11)16(17)18)15-13(8-1-2-8)9-3-4-9/h5-9,13,15H,1-4H2. The number of anilines is 1. The van der Waals surface area contributed by atoms with Gasteiger partial charge in [-0.05, 0) is 49.7 Å². The minimum Gasteiger partial charge on any atom is -0.382 e. The molecule has 0 radical (unpaired) electrons. The summed E-state index contributed by atoms with van der Waals surface area (Å²) in [6, 6.07) is 5.42. The molecule has 0 saturated heterocycles. The van der Waals surface area contributed by atoms with Crippen LogP contribution in [0.2, 0.25) is 5.02 Å². The van der Waals surface area contributed by atoms with Crippen molar-refractivity contribution in [2.24, 2.45) is 11.8 Å². The fraction of sp³-hybridized carbons (Fsp3) is 0.538. The third-order valence-corrected chi connectivity index (χ3v) is 4.04. The summed E-state index contributed by atoms with van der Waals surface area (Å²) in [5.41, 5.74) is 0.867. The number of nitrogens with zero attached hydrogens (tertiary/aromatic N) is 1. The van der Waals surface area contributed by atoms with Gasteiger partial charge in [0.05, 0.1) is 4.92 Å². The van der Waals surface area contributed by atoms with Crippen molar-refractivity contribution in [1.82, 2.24) is 0 Å². The lowest BCUT2D eigenvalue weighted by atomic mass is 10.1.